The number of imide groups is 1. The molecule has 1 aliphatic carbocycles. The molecule has 1 saturated heterocycles. The predicted molar refractivity (Wildman–Crippen MR) is 101 cm³/mol. The standard InChI is InChI=1S/C19H35NO4Si/c1-17(2,3)24-16(22)20-12(11-23-25(9,10)18(4,5)6)13-14(15(20)21)19(13,7)8/h12-14H,11H2,1-10H3/t12-,13-,14+/m1/s1. The van der Waals surface area contributed by atoms with Crippen molar-refractivity contribution in [3.8, 4) is 0 Å². The summed E-state index contributed by atoms with van der Waals surface area (Å²) in [4.78, 5) is 26.8. The Kier molecular flexibility index (Phi) is 4.75. The van der Waals surface area contributed by atoms with Gasteiger partial charge in [-0.1, -0.05) is 34.6 Å². The number of rotatable bonds is 3. The lowest BCUT2D eigenvalue weighted by atomic mass is 10.0. The van der Waals surface area contributed by atoms with Crippen molar-refractivity contribution in [1.82, 2.24) is 4.90 Å². The van der Waals surface area contributed by atoms with Gasteiger partial charge in [-0.15, -0.1) is 0 Å². The van der Waals surface area contributed by atoms with Gasteiger partial charge >= 0.3 is 6.09 Å². The van der Waals surface area contributed by atoms with Gasteiger partial charge in [-0.25, -0.2) is 9.69 Å². The van der Waals surface area contributed by atoms with Crippen LogP contribution in [-0.4, -0.2) is 43.5 Å². The van der Waals surface area contributed by atoms with Crippen LogP contribution in [-0.2, 0) is 14.0 Å². The molecule has 1 saturated carbocycles. The number of nitrogens with zero attached hydrogens (tertiary/aromatic N) is 1. The van der Waals surface area contributed by atoms with Gasteiger partial charge in [0, 0.05) is 11.8 Å². The van der Waals surface area contributed by atoms with Gasteiger partial charge in [-0.05, 0) is 44.3 Å². The smallest absolute Gasteiger partial charge is 0.417 e. The van der Waals surface area contributed by atoms with Gasteiger partial charge in [0.15, 0.2) is 8.32 Å². The van der Waals surface area contributed by atoms with E-state index in [-0.39, 0.29) is 34.2 Å². The topological polar surface area (TPSA) is 55.8 Å². The number of fused-ring (bicyclic) bond motifs is 1. The minimum absolute atomic E-state index is 0.0585. The van der Waals surface area contributed by atoms with Crippen molar-refractivity contribution in [1.29, 1.82) is 0 Å². The van der Waals surface area contributed by atoms with Crippen LogP contribution in [0.3, 0.4) is 0 Å². The molecular weight excluding hydrogens is 334 g/mol. The molecule has 1 heterocycles. The van der Waals surface area contributed by atoms with Crippen molar-refractivity contribution in [3.63, 3.8) is 0 Å². The number of hydrogen-bond acceptors (Lipinski definition) is 4. The van der Waals surface area contributed by atoms with Crippen LogP contribution < -0.4 is 0 Å². The van der Waals surface area contributed by atoms with Crippen LogP contribution in [0.2, 0.25) is 18.1 Å². The maximum Gasteiger partial charge on any atom is 0.417 e. The minimum atomic E-state index is -1.95. The summed E-state index contributed by atoms with van der Waals surface area (Å²) in [6.07, 6.45) is -0.538. The van der Waals surface area contributed by atoms with E-state index < -0.39 is 20.0 Å². The van der Waals surface area contributed by atoms with Crippen LogP contribution in [0.5, 0.6) is 0 Å². The first kappa shape index (κ1) is 20.4. The number of amides is 2. The van der Waals surface area contributed by atoms with E-state index in [1.807, 2.05) is 20.8 Å². The summed E-state index contributed by atoms with van der Waals surface area (Å²) in [7, 11) is -1.95. The van der Waals surface area contributed by atoms with Crippen LogP contribution in [0.25, 0.3) is 0 Å². The quantitative estimate of drug-likeness (QED) is 0.691. The van der Waals surface area contributed by atoms with Gasteiger partial charge in [-0.3, -0.25) is 4.79 Å². The van der Waals surface area contributed by atoms with Crippen LogP contribution in [0.1, 0.15) is 55.4 Å². The third kappa shape index (κ3) is 3.65. The Morgan fingerprint density at radius 2 is 1.68 bits per heavy atom. The molecule has 25 heavy (non-hydrogen) atoms. The van der Waals surface area contributed by atoms with Crippen LogP contribution in [0.4, 0.5) is 4.79 Å². The number of carbonyl (C=O) groups excluding carboxylic acids is 2. The van der Waals surface area contributed by atoms with Crippen LogP contribution in [0.15, 0.2) is 0 Å². The molecular formula is C19H35NO4Si. The molecule has 2 aliphatic rings. The Balaban J connectivity index is 2.19. The fourth-order valence-electron chi connectivity index (χ4n) is 3.57. The van der Waals surface area contributed by atoms with Gasteiger partial charge in [0.05, 0.1) is 12.6 Å². The summed E-state index contributed by atoms with van der Waals surface area (Å²) in [5, 5.41) is 0.0881. The summed E-state index contributed by atoms with van der Waals surface area (Å²) in [6.45, 7) is 21.0. The molecule has 5 nitrogen and oxygen atoms in total. The van der Waals surface area contributed by atoms with E-state index in [4.69, 9.17) is 9.16 Å². The Hall–Kier alpha value is -0.883. The highest BCUT2D eigenvalue weighted by Crippen LogP contribution is 2.65. The van der Waals surface area contributed by atoms with E-state index in [1.54, 1.807) is 0 Å². The second-order valence-corrected chi connectivity index (χ2v) is 15.5. The lowest BCUT2D eigenvalue weighted by molar-refractivity contribution is -0.132. The van der Waals surface area contributed by atoms with E-state index >= 15 is 0 Å². The molecule has 0 spiro atoms. The van der Waals surface area contributed by atoms with Gasteiger partial charge in [0.2, 0.25) is 5.91 Å². The molecule has 2 rings (SSSR count). The fourth-order valence-corrected chi connectivity index (χ4v) is 4.59. The minimum Gasteiger partial charge on any atom is -0.443 e. The first-order chi connectivity index (χ1) is 11.0. The van der Waals surface area contributed by atoms with Gasteiger partial charge in [0.25, 0.3) is 0 Å². The number of ether oxygens (including phenoxy) is 1. The zero-order valence-electron chi connectivity index (χ0n) is 17.5. The SMILES string of the molecule is CC(C)(C)OC(=O)N1C(=O)[C@@H]2[C@@H]([C@H]1CO[Si](C)(C)C(C)(C)C)C2(C)C. The van der Waals surface area contributed by atoms with E-state index in [0.29, 0.717) is 6.61 Å². The number of piperidine rings is 1. The number of likely N-dealkylation sites (tertiary alicyclic amines) is 1. The van der Waals surface area contributed by atoms with Crippen molar-refractivity contribution in [3.05, 3.63) is 0 Å². The highest BCUT2D eigenvalue weighted by atomic mass is 28.4. The molecule has 0 radical (unpaired) electrons. The monoisotopic (exact) mass is 369 g/mol. The first-order valence-electron chi connectivity index (χ1n) is 9.21. The van der Waals surface area contributed by atoms with E-state index in [1.165, 1.54) is 4.90 Å². The maximum atomic E-state index is 12.8. The Morgan fingerprint density at radius 3 is 2.12 bits per heavy atom. The molecule has 2 amide bonds. The van der Waals surface area contributed by atoms with Gasteiger partial charge < -0.3 is 9.16 Å². The average Bonchev–Trinajstić information content (AvgIpc) is 2.78. The van der Waals surface area contributed by atoms with Crippen molar-refractivity contribution in [2.45, 2.75) is 85.2 Å². The third-order valence-corrected chi connectivity index (χ3v) is 10.7. The molecule has 0 aromatic carbocycles. The summed E-state index contributed by atoms with van der Waals surface area (Å²) in [5.74, 6) is -0.0293. The molecule has 0 bridgehead atoms. The van der Waals surface area contributed by atoms with E-state index in [9.17, 15) is 9.59 Å². The zero-order valence-corrected chi connectivity index (χ0v) is 18.5. The van der Waals surface area contributed by atoms with Gasteiger partial charge in [0.1, 0.15) is 5.60 Å². The Labute approximate surface area is 153 Å². The van der Waals surface area contributed by atoms with E-state index in [2.05, 4.69) is 47.7 Å². The highest BCUT2D eigenvalue weighted by Gasteiger charge is 2.73. The van der Waals surface area contributed by atoms with Crippen LogP contribution in [0, 0.1) is 17.3 Å². The molecule has 0 N–H and O–H groups in total. The second kappa shape index (κ2) is 5.81. The number of carbonyl (C=O) groups is 2. The lowest BCUT2D eigenvalue weighted by Crippen LogP contribution is -2.51. The largest absolute Gasteiger partial charge is 0.443 e. The Morgan fingerprint density at radius 1 is 1.16 bits per heavy atom. The zero-order chi connectivity index (χ0) is 19.6. The first-order valence-corrected chi connectivity index (χ1v) is 12.1. The average molecular weight is 370 g/mol. The van der Waals surface area contributed by atoms with Crippen molar-refractivity contribution < 1.29 is 18.8 Å². The van der Waals surface area contributed by atoms with Crippen molar-refractivity contribution in [2.24, 2.45) is 17.3 Å². The van der Waals surface area contributed by atoms with Gasteiger partial charge in [-0.2, -0.15) is 0 Å². The maximum absolute atomic E-state index is 12.8. The van der Waals surface area contributed by atoms with E-state index in [0.717, 1.165) is 0 Å². The summed E-state index contributed by atoms with van der Waals surface area (Å²) in [5.41, 5.74) is -0.679. The highest BCUT2D eigenvalue weighted by molar-refractivity contribution is 6.74. The lowest BCUT2D eigenvalue weighted by Gasteiger charge is -2.38. The molecule has 1 aliphatic heterocycles. The fraction of sp³-hybridized carbons (Fsp3) is 0.895. The predicted octanol–water partition coefficient (Wildman–Crippen LogP) is 4.43. The van der Waals surface area contributed by atoms with Crippen LogP contribution >= 0.6 is 0 Å². The molecule has 0 aromatic heterocycles. The van der Waals surface area contributed by atoms with Crippen molar-refractivity contribution >= 4 is 20.3 Å². The molecule has 144 valence electrons. The molecule has 0 aromatic rings. The Bertz CT molecular complexity index is 571. The van der Waals surface area contributed by atoms with Crippen molar-refractivity contribution in [2.75, 3.05) is 6.61 Å². The molecule has 3 atom stereocenters. The number of hydrogen-bond donors (Lipinski definition) is 0. The normalized spacial score (nSPS) is 28.8. The summed E-state index contributed by atoms with van der Waals surface area (Å²) in [6, 6.07) is -0.225. The molecule has 0 unspecified atom stereocenters. The third-order valence-electron chi connectivity index (χ3n) is 6.17. The molecule has 6 heteroatoms. The summed E-state index contributed by atoms with van der Waals surface area (Å²) >= 11 is 0. The second-order valence-electron chi connectivity index (χ2n) is 10.7. The molecule has 2 fully saturated rings. The summed E-state index contributed by atoms with van der Waals surface area (Å²) < 4.78 is 11.8.